The number of nitrogens with two attached hydrogens (primary N) is 1. The van der Waals surface area contributed by atoms with Crippen LogP contribution in [0.5, 0.6) is 0 Å². The second-order valence-corrected chi connectivity index (χ2v) is 7.29. The van der Waals surface area contributed by atoms with Gasteiger partial charge in [-0.3, -0.25) is 0 Å². The lowest BCUT2D eigenvalue weighted by atomic mass is 10.1. The maximum Gasteiger partial charge on any atom is 0.126 e. The first-order chi connectivity index (χ1) is 9.52. The van der Waals surface area contributed by atoms with Gasteiger partial charge in [-0.2, -0.15) is 5.10 Å². The lowest BCUT2D eigenvalue weighted by Gasteiger charge is -2.04. The molecule has 5 heteroatoms. The summed E-state index contributed by atoms with van der Waals surface area (Å²) in [6.07, 6.45) is 1.87. The first kappa shape index (κ1) is 13.4. The Morgan fingerprint density at radius 1 is 1.15 bits per heavy atom. The molecule has 0 saturated heterocycles. The second kappa shape index (κ2) is 5.07. The van der Waals surface area contributed by atoms with Crippen LogP contribution in [-0.4, -0.2) is 9.78 Å². The third-order valence-electron chi connectivity index (χ3n) is 3.02. The Morgan fingerprint density at radius 3 is 2.45 bits per heavy atom. The molecule has 20 heavy (non-hydrogen) atoms. The summed E-state index contributed by atoms with van der Waals surface area (Å²) in [5.41, 5.74) is 11.1. The molecule has 0 aliphatic rings. The van der Waals surface area contributed by atoms with Crippen LogP contribution in [0.4, 0.5) is 5.69 Å². The van der Waals surface area contributed by atoms with Gasteiger partial charge in [-0.15, -0.1) is 11.3 Å². The van der Waals surface area contributed by atoms with Crippen LogP contribution < -0.4 is 5.73 Å². The summed E-state index contributed by atoms with van der Waals surface area (Å²) in [7, 11) is 0. The molecule has 0 unspecified atom stereocenters. The van der Waals surface area contributed by atoms with Crippen molar-refractivity contribution in [1.82, 2.24) is 9.78 Å². The van der Waals surface area contributed by atoms with Crippen molar-refractivity contribution < 1.29 is 0 Å². The number of hydrogen-bond donors (Lipinski definition) is 1. The molecule has 0 radical (unpaired) electrons. The predicted molar refractivity (Wildman–Crippen MR) is 88.5 cm³/mol. The van der Waals surface area contributed by atoms with Crippen molar-refractivity contribution in [3.8, 4) is 16.3 Å². The van der Waals surface area contributed by atoms with Gasteiger partial charge in [-0.25, -0.2) is 4.68 Å². The van der Waals surface area contributed by atoms with Gasteiger partial charge in [0.15, 0.2) is 0 Å². The standard InChI is InChI=1S/C15H14BrN3S/c1-9-5-10(2)7-11(6-9)19-8-12(17)15(18-19)13-3-4-14(16)20-13/h3-8H,17H2,1-2H3. The van der Waals surface area contributed by atoms with Crippen molar-refractivity contribution in [2.75, 3.05) is 5.73 Å². The van der Waals surface area contributed by atoms with Crippen molar-refractivity contribution in [3.63, 3.8) is 0 Å². The maximum absolute atomic E-state index is 6.10. The molecule has 3 nitrogen and oxygen atoms in total. The lowest BCUT2D eigenvalue weighted by molar-refractivity contribution is 0.882. The van der Waals surface area contributed by atoms with Crippen LogP contribution >= 0.6 is 27.3 Å². The molecule has 2 heterocycles. The number of nitrogens with zero attached hydrogens (tertiary/aromatic N) is 2. The number of benzene rings is 1. The highest BCUT2D eigenvalue weighted by atomic mass is 79.9. The van der Waals surface area contributed by atoms with Gasteiger partial charge in [-0.05, 0) is 65.2 Å². The van der Waals surface area contributed by atoms with Crippen LogP contribution in [0.1, 0.15) is 11.1 Å². The van der Waals surface area contributed by atoms with Crippen molar-refractivity contribution in [2.45, 2.75) is 13.8 Å². The van der Waals surface area contributed by atoms with Gasteiger partial charge in [0, 0.05) is 0 Å². The zero-order valence-electron chi connectivity index (χ0n) is 11.2. The van der Waals surface area contributed by atoms with Crippen LogP contribution in [0, 0.1) is 13.8 Å². The number of hydrogen-bond acceptors (Lipinski definition) is 3. The highest BCUT2D eigenvalue weighted by molar-refractivity contribution is 9.11. The maximum atomic E-state index is 6.10. The molecule has 0 amide bonds. The third-order valence-corrected chi connectivity index (χ3v) is 4.65. The molecular weight excluding hydrogens is 334 g/mol. The number of halogens is 1. The van der Waals surface area contributed by atoms with E-state index >= 15 is 0 Å². The van der Waals surface area contributed by atoms with Gasteiger partial charge in [0.25, 0.3) is 0 Å². The summed E-state index contributed by atoms with van der Waals surface area (Å²) < 4.78 is 2.92. The Kier molecular flexibility index (Phi) is 3.40. The van der Waals surface area contributed by atoms with Gasteiger partial charge in [0.05, 0.1) is 26.2 Å². The van der Waals surface area contributed by atoms with Gasteiger partial charge in [-0.1, -0.05) is 6.07 Å². The Hall–Kier alpha value is -1.59. The van der Waals surface area contributed by atoms with Crippen LogP contribution in [0.15, 0.2) is 40.3 Å². The Bertz CT molecular complexity index is 753. The zero-order valence-corrected chi connectivity index (χ0v) is 13.6. The van der Waals surface area contributed by atoms with Gasteiger partial charge >= 0.3 is 0 Å². The fraction of sp³-hybridized carbons (Fsp3) is 0.133. The zero-order chi connectivity index (χ0) is 14.3. The number of nitrogen functional groups attached to an aromatic ring is 1. The summed E-state index contributed by atoms with van der Waals surface area (Å²) >= 11 is 5.10. The summed E-state index contributed by atoms with van der Waals surface area (Å²) in [5.74, 6) is 0. The number of anilines is 1. The summed E-state index contributed by atoms with van der Waals surface area (Å²) in [4.78, 5) is 1.07. The van der Waals surface area contributed by atoms with Crippen molar-refractivity contribution >= 4 is 33.0 Å². The lowest BCUT2D eigenvalue weighted by Crippen LogP contribution is -1.96. The molecule has 0 atom stereocenters. The fourth-order valence-corrected chi connectivity index (χ4v) is 3.63. The van der Waals surface area contributed by atoms with E-state index in [0.717, 1.165) is 20.0 Å². The molecule has 0 saturated carbocycles. The molecule has 0 fully saturated rings. The number of aryl methyl sites for hydroxylation is 2. The predicted octanol–water partition coefficient (Wildman–Crippen LogP) is 4.56. The molecule has 0 aliphatic carbocycles. The topological polar surface area (TPSA) is 43.8 Å². The van der Waals surface area contributed by atoms with E-state index in [9.17, 15) is 0 Å². The summed E-state index contributed by atoms with van der Waals surface area (Å²) in [6.45, 7) is 4.17. The minimum absolute atomic E-state index is 0.693. The van der Waals surface area contributed by atoms with E-state index in [2.05, 4.69) is 53.1 Å². The van der Waals surface area contributed by atoms with Crippen molar-refractivity contribution in [2.24, 2.45) is 0 Å². The van der Waals surface area contributed by atoms with E-state index in [4.69, 9.17) is 5.73 Å². The normalized spacial score (nSPS) is 10.9. The molecule has 1 aromatic carbocycles. The van der Waals surface area contributed by atoms with Crippen LogP contribution in [0.3, 0.4) is 0 Å². The number of thiophene rings is 1. The number of aromatic nitrogens is 2. The molecule has 0 aliphatic heterocycles. The largest absolute Gasteiger partial charge is 0.396 e. The monoisotopic (exact) mass is 347 g/mol. The average Bonchev–Trinajstić information content (AvgIpc) is 2.94. The molecule has 2 aromatic heterocycles. The van der Waals surface area contributed by atoms with E-state index in [1.807, 2.05) is 23.0 Å². The van der Waals surface area contributed by atoms with E-state index in [0.29, 0.717) is 5.69 Å². The van der Waals surface area contributed by atoms with E-state index in [-0.39, 0.29) is 0 Å². The fourth-order valence-electron chi connectivity index (χ4n) is 2.24. The Morgan fingerprint density at radius 2 is 1.85 bits per heavy atom. The van der Waals surface area contributed by atoms with Gasteiger partial charge in [0.2, 0.25) is 0 Å². The minimum Gasteiger partial charge on any atom is -0.396 e. The molecule has 2 N–H and O–H groups in total. The van der Waals surface area contributed by atoms with Crippen LogP contribution in [0.25, 0.3) is 16.3 Å². The highest BCUT2D eigenvalue weighted by Crippen LogP contribution is 2.34. The summed E-state index contributed by atoms with van der Waals surface area (Å²) in [5, 5.41) is 4.63. The SMILES string of the molecule is Cc1cc(C)cc(-n2cc(N)c(-c3ccc(Br)s3)n2)c1. The molecule has 0 bridgehead atoms. The highest BCUT2D eigenvalue weighted by Gasteiger charge is 2.12. The third kappa shape index (κ3) is 2.51. The van der Waals surface area contributed by atoms with Gasteiger partial charge in [0.1, 0.15) is 5.69 Å². The average molecular weight is 348 g/mol. The molecule has 102 valence electrons. The van der Waals surface area contributed by atoms with Crippen LogP contribution in [0.2, 0.25) is 0 Å². The second-order valence-electron chi connectivity index (χ2n) is 4.83. The first-order valence-corrected chi connectivity index (χ1v) is 7.83. The van der Waals surface area contributed by atoms with E-state index < -0.39 is 0 Å². The molecule has 3 rings (SSSR count). The Balaban J connectivity index is 2.08. The van der Waals surface area contributed by atoms with Crippen LogP contribution in [-0.2, 0) is 0 Å². The molecular formula is C15H14BrN3S. The van der Waals surface area contributed by atoms with Crippen molar-refractivity contribution in [1.29, 1.82) is 0 Å². The molecule has 3 aromatic rings. The number of rotatable bonds is 2. The minimum atomic E-state index is 0.693. The summed E-state index contributed by atoms with van der Waals surface area (Å²) in [6, 6.07) is 10.4. The van der Waals surface area contributed by atoms with Gasteiger partial charge < -0.3 is 5.73 Å². The van der Waals surface area contributed by atoms with E-state index in [1.165, 1.54) is 11.1 Å². The quantitative estimate of drug-likeness (QED) is 0.738. The van der Waals surface area contributed by atoms with E-state index in [1.54, 1.807) is 11.3 Å². The Labute approximate surface area is 130 Å². The smallest absolute Gasteiger partial charge is 0.126 e. The molecule has 0 spiro atoms. The van der Waals surface area contributed by atoms with Crippen molar-refractivity contribution in [3.05, 3.63) is 51.4 Å². The first-order valence-electron chi connectivity index (χ1n) is 6.22.